The standard InChI is InChI=1S/C12H15O.ClH.Zn/c1-3-4-8-12(13)11-7-5-6-10(2)9-11;;/h5-7,9H,2-4,8H2,1H3;1H;/p-1. The first-order valence-electron chi connectivity index (χ1n) is 4.69. The molecule has 0 saturated carbocycles. The van der Waals surface area contributed by atoms with Crippen LogP contribution in [0.5, 0.6) is 0 Å². The molecule has 0 amide bonds. The van der Waals surface area contributed by atoms with Crippen LogP contribution in [-0.4, -0.2) is 5.78 Å². The van der Waals surface area contributed by atoms with Gasteiger partial charge in [0.25, 0.3) is 0 Å². The molecule has 3 heteroatoms. The van der Waals surface area contributed by atoms with Gasteiger partial charge in [0, 0.05) is 37.9 Å². The summed E-state index contributed by atoms with van der Waals surface area (Å²) in [5.74, 6) is 0.229. The van der Waals surface area contributed by atoms with Gasteiger partial charge in [-0.25, -0.2) is 0 Å². The summed E-state index contributed by atoms with van der Waals surface area (Å²) in [6, 6.07) is 0. The fourth-order valence-corrected chi connectivity index (χ4v) is 1.23. The summed E-state index contributed by atoms with van der Waals surface area (Å²) in [5, 5.41) is 0. The quantitative estimate of drug-likeness (QED) is 0.661. The third-order valence-corrected chi connectivity index (χ3v) is 2.01. The normalized spacial score (nSPS) is 13.7. The molecule has 79 valence electrons. The summed E-state index contributed by atoms with van der Waals surface area (Å²) >= 11 is 0. The second-order valence-corrected chi connectivity index (χ2v) is 3.23. The predicted octanol–water partition coefficient (Wildman–Crippen LogP) is 0.00389. The largest absolute Gasteiger partial charge is 1.00 e. The van der Waals surface area contributed by atoms with Crippen molar-refractivity contribution in [3.63, 3.8) is 0 Å². The monoisotopic (exact) mass is 274 g/mol. The summed E-state index contributed by atoms with van der Waals surface area (Å²) in [5.41, 5.74) is 1.70. The van der Waals surface area contributed by atoms with E-state index in [1.807, 2.05) is 24.6 Å². The Kier molecular flexibility index (Phi) is 10.4. The molecule has 0 atom stereocenters. The van der Waals surface area contributed by atoms with Crippen molar-refractivity contribution in [2.75, 3.05) is 0 Å². The minimum atomic E-state index is 0. The van der Waals surface area contributed by atoms with E-state index in [9.17, 15) is 4.79 Å². The number of rotatable bonds is 4. The van der Waals surface area contributed by atoms with Gasteiger partial charge in [-0.05, 0) is 12.0 Å². The molecule has 0 spiro atoms. The maximum absolute atomic E-state index is 11.5. The van der Waals surface area contributed by atoms with E-state index in [2.05, 4.69) is 13.5 Å². The Morgan fingerprint density at radius 3 is 2.67 bits per heavy atom. The van der Waals surface area contributed by atoms with Gasteiger partial charge < -0.3 is 12.4 Å². The summed E-state index contributed by atoms with van der Waals surface area (Å²) in [4.78, 5) is 11.5. The molecule has 1 radical (unpaired) electrons. The van der Waals surface area contributed by atoms with E-state index in [1.165, 1.54) is 0 Å². The van der Waals surface area contributed by atoms with Crippen LogP contribution in [0, 0.1) is 6.42 Å². The maximum Gasteiger partial charge on any atom is 0.159 e. The third-order valence-electron chi connectivity index (χ3n) is 2.01. The van der Waals surface area contributed by atoms with Gasteiger partial charge in [0.15, 0.2) is 5.78 Å². The molecule has 0 aromatic carbocycles. The van der Waals surface area contributed by atoms with E-state index in [-0.39, 0.29) is 37.7 Å². The number of hydrogen-bond acceptors (Lipinski definition) is 1. The maximum atomic E-state index is 11.5. The molecule has 1 nitrogen and oxygen atoms in total. The van der Waals surface area contributed by atoms with E-state index >= 15 is 0 Å². The fourth-order valence-electron chi connectivity index (χ4n) is 1.23. The van der Waals surface area contributed by atoms with Gasteiger partial charge >= 0.3 is 0 Å². The topological polar surface area (TPSA) is 17.1 Å². The number of ketones is 1. The van der Waals surface area contributed by atoms with E-state index in [1.54, 1.807) is 0 Å². The second kappa shape index (κ2) is 9.06. The smallest absolute Gasteiger partial charge is 0.159 e. The average molecular weight is 276 g/mol. The Morgan fingerprint density at radius 1 is 1.47 bits per heavy atom. The predicted molar refractivity (Wildman–Crippen MR) is 55.2 cm³/mol. The van der Waals surface area contributed by atoms with Crippen molar-refractivity contribution >= 4 is 5.78 Å². The van der Waals surface area contributed by atoms with Gasteiger partial charge in [0.1, 0.15) is 0 Å². The average Bonchev–Trinajstić information content (AvgIpc) is 2.14. The van der Waals surface area contributed by atoms with Crippen molar-refractivity contribution in [2.45, 2.75) is 26.2 Å². The van der Waals surface area contributed by atoms with Gasteiger partial charge in [0.2, 0.25) is 0 Å². The van der Waals surface area contributed by atoms with Crippen molar-refractivity contribution < 1.29 is 36.7 Å². The summed E-state index contributed by atoms with van der Waals surface area (Å²) in [7, 11) is 0. The first-order chi connectivity index (χ1) is 6.24. The van der Waals surface area contributed by atoms with Crippen molar-refractivity contribution in [2.24, 2.45) is 0 Å². The molecule has 0 heterocycles. The molecule has 0 aromatic heterocycles. The number of carbonyl (C=O) groups excluding carboxylic acids is 1. The van der Waals surface area contributed by atoms with Crippen LogP contribution in [0.2, 0.25) is 0 Å². The van der Waals surface area contributed by atoms with E-state index in [0.29, 0.717) is 6.42 Å². The first kappa shape index (κ1) is 17.2. The van der Waals surface area contributed by atoms with Crippen LogP contribution in [0.1, 0.15) is 26.2 Å². The third kappa shape index (κ3) is 6.07. The molecule has 15 heavy (non-hydrogen) atoms. The molecule has 1 aliphatic carbocycles. The van der Waals surface area contributed by atoms with E-state index in [0.717, 1.165) is 24.0 Å². The Hall–Kier alpha value is -0.197. The van der Waals surface area contributed by atoms with Crippen LogP contribution >= 0.6 is 0 Å². The number of halogens is 1. The minimum absolute atomic E-state index is 0. The number of unbranched alkanes of at least 4 members (excludes halogenated alkanes) is 1. The van der Waals surface area contributed by atoms with Crippen molar-refractivity contribution in [3.05, 3.63) is 42.4 Å². The summed E-state index contributed by atoms with van der Waals surface area (Å²) in [6.45, 7) is 5.88. The van der Waals surface area contributed by atoms with E-state index < -0.39 is 0 Å². The Bertz CT molecular complexity index is 279. The molecule has 0 bridgehead atoms. The fraction of sp³-hybridized carbons (Fsp3) is 0.333. The van der Waals surface area contributed by atoms with E-state index in [4.69, 9.17) is 0 Å². The zero-order valence-electron chi connectivity index (χ0n) is 9.13. The van der Waals surface area contributed by atoms with Crippen molar-refractivity contribution in [3.8, 4) is 0 Å². The summed E-state index contributed by atoms with van der Waals surface area (Å²) < 4.78 is 0. The van der Waals surface area contributed by atoms with Crippen LogP contribution in [0.15, 0.2) is 36.0 Å². The molecule has 0 aliphatic heterocycles. The number of Topliss-reactive ketones (excluding diaryl/α,β-unsaturated/α-hetero) is 1. The van der Waals surface area contributed by atoms with Crippen LogP contribution in [-0.2, 0) is 24.3 Å². The van der Waals surface area contributed by atoms with Crippen LogP contribution in [0.4, 0.5) is 0 Å². The Balaban J connectivity index is 0. The molecular weight excluding hydrogens is 261 g/mol. The SMILES string of the molecule is C=C1[CH]C(C(=O)CCCC)=CC=C1.[Cl-].[Zn]. The first-order valence-corrected chi connectivity index (χ1v) is 4.69. The van der Waals surface area contributed by atoms with Gasteiger partial charge in [-0.2, -0.15) is 0 Å². The molecule has 0 N–H and O–H groups in total. The summed E-state index contributed by atoms with van der Waals surface area (Å²) in [6.07, 6.45) is 10.2. The molecule has 0 saturated heterocycles. The Labute approximate surface area is 111 Å². The second-order valence-electron chi connectivity index (χ2n) is 3.23. The Morgan fingerprint density at radius 2 is 2.13 bits per heavy atom. The molecule has 0 aromatic rings. The van der Waals surface area contributed by atoms with Crippen LogP contribution < -0.4 is 12.4 Å². The molecular formula is C12H15ClOZn-. The number of allylic oxidation sites excluding steroid dienone is 5. The van der Waals surface area contributed by atoms with Gasteiger partial charge in [-0.3, -0.25) is 4.79 Å². The van der Waals surface area contributed by atoms with Gasteiger partial charge in [-0.1, -0.05) is 38.2 Å². The number of hydrogen-bond donors (Lipinski definition) is 0. The zero-order valence-corrected chi connectivity index (χ0v) is 12.9. The van der Waals surface area contributed by atoms with Crippen LogP contribution in [0.25, 0.3) is 0 Å². The number of carbonyl (C=O) groups is 1. The van der Waals surface area contributed by atoms with Gasteiger partial charge in [-0.15, -0.1) is 0 Å². The van der Waals surface area contributed by atoms with Crippen molar-refractivity contribution in [1.82, 2.24) is 0 Å². The molecule has 0 unspecified atom stereocenters. The van der Waals surface area contributed by atoms with Crippen LogP contribution in [0.3, 0.4) is 0 Å². The van der Waals surface area contributed by atoms with Gasteiger partial charge in [0.05, 0.1) is 0 Å². The zero-order chi connectivity index (χ0) is 9.68. The molecule has 1 aliphatic rings. The van der Waals surface area contributed by atoms with Crippen molar-refractivity contribution in [1.29, 1.82) is 0 Å². The molecule has 0 fully saturated rings. The minimum Gasteiger partial charge on any atom is -1.00 e. The molecule has 1 rings (SSSR count).